The van der Waals surface area contributed by atoms with Crippen molar-refractivity contribution < 1.29 is 0 Å². The van der Waals surface area contributed by atoms with Gasteiger partial charge in [0.25, 0.3) is 0 Å². The fraction of sp³-hybridized carbons (Fsp3) is 0.368. The van der Waals surface area contributed by atoms with Crippen molar-refractivity contribution in [3.05, 3.63) is 65.8 Å². The number of hydrogen-bond acceptors (Lipinski definition) is 1. The van der Waals surface area contributed by atoms with Crippen LogP contribution in [-0.4, -0.2) is 5.54 Å². The van der Waals surface area contributed by atoms with E-state index in [1.807, 2.05) is 0 Å². The van der Waals surface area contributed by atoms with Gasteiger partial charge in [-0.05, 0) is 44.2 Å². The highest BCUT2D eigenvalue weighted by atomic mass is 14.9. The molecule has 1 aromatic carbocycles. The lowest BCUT2D eigenvalue weighted by Crippen LogP contribution is -2.35. The summed E-state index contributed by atoms with van der Waals surface area (Å²) in [6.07, 6.45) is 14.3. The lowest BCUT2D eigenvalue weighted by molar-refractivity contribution is 0.424. The number of allylic oxidation sites excluding steroid dienone is 5. The predicted octanol–water partition coefficient (Wildman–Crippen LogP) is 4.72. The molecule has 0 bridgehead atoms. The van der Waals surface area contributed by atoms with Crippen LogP contribution >= 0.6 is 0 Å². The third kappa shape index (κ3) is 5.18. The summed E-state index contributed by atoms with van der Waals surface area (Å²) in [7, 11) is 0. The second-order valence-electron chi connectivity index (χ2n) is 6.42. The van der Waals surface area contributed by atoms with Crippen molar-refractivity contribution in [2.75, 3.05) is 0 Å². The van der Waals surface area contributed by atoms with Gasteiger partial charge >= 0.3 is 0 Å². The van der Waals surface area contributed by atoms with Gasteiger partial charge in [-0.2, -0.15) is 0 Å². The average Bonchev–Trinajstić information content (AvgIpc) is 2.44. The maximum Gasteiger partial charge on any atom is 0.0210 e. The van der Waals surface area contributed by atoms with Gasteiger partial charge in [0.05, 0.1) is 0 Å². The molecule has 0 radical (unpaired) electrons. The first kappa shape index (κ1) is 14.8. The van der Waals surface area contributed by atoms with Gasteiger partial charge < -0.3 is 5.32 Å². The van der Waals surface area contributed by atoms with E-state index >= 15 is 0 Å². The second kappa shape index (κ2) is 6.71. The normalized spacial score (nSPS) is 18.9. The van der Waals surface area contributed by atoms with Gasteiger partial charge in [-0.3, -0.25) is 0 Å². The Kier molecular flexibility index (Phi) is 4.97. The number of rotatable bonds is 4. The van der Waals surface area contributed by atoms with E-state index in [1.54, 1.807) is 0 Å². The first-order chi connectivity index (χ1) is 9.53. The average molecular weight is 267 g/mol. The summed E-state index contributed by atoms with van der Waals surface area (Å²) < 4.78 is 0. The second-order valence-corrected chi connectivity index (χ2v) is 6.42. The Bertz CT molecular complexity index is 498. The highest BCUT2D eigenvalue weighted by Crippen LogP contribution is 2.15. The van der Waals surface area contributed by atoms with Crippen LogP contribution in [-0.2, 0) is 6.54 Å². The summed E-state index contributed by atoms with van der Waals surface area (Å²) in [5.41, 5.74) is 2.77. The first-order valence-corrected chi connectivity index (χ1v) is 7.38. The zero-order valence-corrected chi connectivity index (χ0v) is 12.8. The number of benzene rings is 1. The number of nitrogens with one attached hydrogen (secondary N) is 1. The molecule has 2 rings (SSSR count). The molecule has 0 saturated heterocycles. The van der Waals surface area contributed by atoms with Gasteiger partial charge in [-0.15, -0.1) is 0 Å². The molecule has 1 unspecified atom stereocenters. The molecule has 0 aromatic heterocycles. The summed E-state index contributed by atoms with van der Waals surface area (Å²) in [4.78, 5) is 0. The van der Waals surface area contributed by atoms with Gasteiger partial charge in [-0.25, -0.2) is 0 Å². The molecule has 0 spiro atoms. The molecule has 0 amide bonds. The van der Waals surface area contributed by atoms with Crippen LogP contribution in [0.4, 0.5) is 0 Å². The molecule has 0 fully saturated rings. The molecular weight excluding hydrogens is 242 g/mol. The quantitative estimate of drug-likeness (QED) is 0.832. The molecule has 1 atom stereocenters. The SMILES string of the molecule is CC(C)(C)NCc1ccc(/C=C/C2C=CC=CC2)cc1. The summed E-state index contributed by atoms with van der Waals surface area (Å²) in [5, 5.41) is 3.51. The van der Waals surface area contributed by atoms with Crippen molar-refractivity contribution in [1.29, 1.82) is 0 Å². The largest absolute Gasteiger partial charge is 0.308 e. The van der Waals surface area contributed by atoms with Crippen LogP contribution in [0, 0.1) is 5.92 Å². The summed E-state index contributed by atoms with van der Waals surface area (Å²) >= 11 is 0. The Hall–Kier alpha value is -1.60. The third-order valence-corrected chi connectivity index (χ3v) is 3.35. The Balaban J connectivity index is 1.89. The maximum absolute atomic E-state index is 3.51. The van der Waals surface area contributed by atoms with E-state index in [0.29, 0.717) is 5.92 Å². The Labute approximate surface area is 123 Å². The van der Waals surface area contributed by atoms with Crippen LogP contribution in [0.2, 0.25) is 0 Å². The van der Waals surface area contributed by atoms with Gasteiger partial charge in [0.15, 0.2) is 0 Å². The predicted molar refractivity (Wildman–Crippen MR) is 88.5 cm³/mol. The van der Waals surface area contributed by atoms with Crippen LogP contribution in [0.5, 0.6) is 0 Å². The van der Waals surface area contributed by atoms with Gasteiger partial charge in [0, 0.05) is 12.1 Å². The van der Waals surface area contributed by atoms with Crippen molar-refractivity contribution in [2.45, 2.75) is 39.3 Å². The van der Waals surface area contributed by atoms with Crippen LogP contribution in [0.15, 0.2) is 54.6 Å². The molecule has 0 heterocycles. The number of hydrogen-bond donors (Lipinski definition) is 1. The maximum atomic E-state index is 3.51. The van der Waals surface area contributed by atoms with E-state index < -0.39 is 0 Å². The van der Waals surface area contributed by atoms with Crippen LogP contribution in [0.25, 0.3) is 6.08 Å². The molecule has 1 nitrogen and oxygen atoms in total. The molecule has 0 saturated carbocycles. The van der Waals surface area contributed by atoms with E-state index in [-0.39, 0.29) is 5.54 Å². The molecule has 20 heavy (non-hydrogen) atoms. The van der Waals surface area contributed by atoms with Crippen LogP contribution < -0.4 is 5.32 Å². The van der Waals surface area contributed by atoms with Crippen LogP contribution in [0.3, 0.4) is 0 Å². The lowest BCUT2D eigenvalue weighted by Gasteiger charge is -2.20. The smallest absolute Gasteiger partial charge is 0.0210 e. The van der Waals surface area contributed by atoms with E-state index in [9.17, 15) is 0 Å². The standard InChI is InChI=1S/C19H25N/c1-19(2,3)20-15-18-13-11-17(12-14-18)10-9-16-7-5-4-6-8-16/h4-7,9-14,16,20H,8,15H2,1-3H3/b10-9+. The molecule has 1 heteroatoms. The van der Waals surface area contributed by atoms with E-state index in [0.717, 1.165) is 13.0 Å². The minimum absolute atomic E-state index is 0.166. The molecular formula is C19H25N. The van der Waals surface area contributed by atoms with Gasteiger partial charge in [0.2, 0.25) is 0 Å². The fourth-order valence-electron chi connectivity index (χ4n) is 2.09. The van der Waals surface area contributed by atoms with Crippen LogP contribution in [0.1, 0.15) is 38.3 Å². The van der Waals surface area contributed by atoms with E-state index in [1.165, 1.54) is 11.1 Å². The van der Waals surface area contributed by atoms with E-state index in [4.69, 9.17) is 0 Å². The topological polar surface area (TPSA) is 12.0 Å². The van der Waals surface area contributed by atoms with Gasteiger partial charge in [-0.1, -0.05) is 60.7 Å². The van der Waals surface area contributed by atoms with Gasteiger partial charge in [0.1, 0.15) is 0 Å². The zero-order chi connectivity index (χ0) is 14.4. The molecule has 1 N–H and O–H groups in total. The molecule has 106 valence electrons. The monoisotopic (exact) mass is 267 g/mol. The minimum atomic E-state index is 0.166. The van der Waals surface area contributed by atoms with Crippen molar-refractivity contribution in [3.63, 3.8) is 0 Å². The molecule has 1 aromatic rings. The Morgan fingerprint density at radius 2 is 1.90 bits per heavy atom. The Morgan fingerprint density at radius 3 is 2.50 bits per heavy atom. The lowest BCUT2D eigenvalue weighted by atomic mass is 9.99. The summed E-state index contributed by atoms with van der Waals surface area (Å²) in [5.74, 6) is 0.544. The molecule has 1 aliphatic rings. The molecule has 1 aliphatic carbocycles. The highest BCUT2D eigenvalue weighted by Gasteiger charge is 2.07. The fourth-order valence-corrected chi connectivity index (χ4v) is 2.09. The first-order valence-electron chi connectivity index (χ1n) is 7.38. The Morgan fingerprint density at radius 1 is 1.15 bits per heavy atom. The molecule has 0 aliphatic heterocycles. The summed E-state index contributed by atoms with van der Waals surface area (Å²) in [6.45, 7) is 7.49. The van der Waals surface area contributed by atoms with Crippen molar-refractivity contribution in [2.24, 2.45) is 5.92 Å². The van der Waals surface area contributed by atoms with Crippen molar-refractivity contribution >= 4 is 6.08 Å². The highest BCUT2D eigenvalue weighted by molar-refractivity contribution is 5.50. The van der Waals surface area contributed by atoms with Crippen molar-refractivity contribution in [1.82, 2.24) is 5.32 Å². The minimum Gasteiger partial charge on any atom is -0.308 e. The third-order valence-electron chi connectivity index (χ3n) is 3.35. The van der Waals surface area contributed by atoms with Crippen molar-refractivity contribution in [3.8, 4) is 0 Å². The van der Waals surface area contributed by atoms with E-state index in [2.05, 4.69) is 86.8 Å². The summed E-state index contributed by atoms with van der Waals surface area (Å²) in [6, 6.07) is 8.79. The zero-order valence-electron chi connectivity index (χ0n) is 12.8.